The molecular formula is C18H19NO6S. The summed E-state index contributed by atoms with van der Waals surface area (Å²) in [5, 5.41) is 9.89. The van der Waals surface area contributed by atoms with E-state index in [0.29, 0.717) is 11.1 Å². The quantitative estimate of drug-likeness (QED) is 0.567. The van der Waals surface area contributed by atoms with Crippen molar-refractivity contribution in [2.45, 2.75) is 4.90 Å². The van der Waals surface area contributed by atoms with Gasteiger partial charge in [0.2, 0.25) is 15.8 Å². The van der Waals surface area contributed by atoms with Crippen LogP contribution in [0.1, 0.15) is 15.9 Å². The van der Waals surface area contributed by atoms with Gasteiger partial charge in [0.25, 0.3) is 0 Å². The number of phenols is 1. The van der Waals surface area contributed by atoms with E-state index in [0.717, 1.165) is 0 Å². The number of ether oxygens (including phenoxy) is 2. The molecule has 0 fully saturated rings. The van der Waals surface area contributed by atoms with Gasteiger partial charge in [-0.25, -0.2) is 13.1 Å². The predicted molar refractivity (Wildman–Crippen MR) is 97.3 cm³/mol. The Balaban J connectivity index is 2.24. The molecule has 26 heavy (non-hydrogen) atoms. The Kier molecular flexibility index (Phi) is 6.01. The molecule has 7 nitrogen and oxygen atoms in total. The summed E-state index contributed by atoms with van der Waals surface area (Å²) in [6, 6.07) is 8.72. The fourth-order valence-electron chi connectivity index (χ4n) is 2.19. The number of benzene rings is 2. The highest BCUT2D eigenvalue weighted by molar-refractivity contribution is 7.89. The fraction of sp³-hybridized carbons (Fsp3) is 0.167. The number of carbonyl (C=O) groups is 1. The van der Waals surface area contributed by atoms with Crippen molar-refractivity contribution >= 4 is 21.9 Å². The third-order valence-corrected chi connectivity index (χ3v) is 5.08. The van der Waals surface area contributed by atoms with Gasteiger partial charge < -0.3 is 14.6 Å². The average Bonchev–Trinajstić information content (AvgIpc) is 2.66. The second kappa shape index (κ2) is 8.03. The topological polar surface area (TPSA) is 102 Å². The van der Waals surface area contributed by atoms with Gasteiger partial charge in [0.05, 0.1) is 19.1 Å². The molecule has 0 aliphatic carbocycles. The summed E-state index contributed by atoms with van der Waals surface area (Å²) in [5.41, 5.74) is 0.938. The van der Waals surface area contributed by atoms with Crippen molar-refractivity contribution in [2.75, 3.05) is 21.3 Å². The second-order valence-electron chi connectivity index (χ2n) is 5.20. The molecule has 0 saturated carbocycles. The van der Waals surface area contributed by atoms with E-state index < -0.39 is 10.0 Å². The molecule has 2 aromatic carbocycles. The van der Waals surface area contributed by atoms with E-state index in [1.165, 1.54) is 51.6 Å². The van der Waals surface area contributed by atoms with Crippen LogP contribution in [-0.2, 0) is 10.0 Å². The Morgan fingerprint density at radius 3 is 2.08 bits per heavy atom. The van der Waals surface area contributed by atoms with E-state index in [2.05, 4.69) is 4.72 Å². The summed E-state index contributed by atoms with van der Waals surface area (Å²) in [5.74, 6) is 0.0142. The summed E-state index contributed by atoms with van der Waals surface area (Å²) in [7, 11) is 0.592. The number of hydrogen-bond acceptors (Lipinski definition) is 6. The Labute approximate surface area is 151 Å². The second-order valence-corrected chi connectivity index (χ2v) is 7.09. The van der Waals surface area contributed by atoms with Gasteiger partial charge in [-0.2, -0.15) is 0 Å². The Morgan fingerprint density at radius 1 is 1.08 bits per heavy atom. The van der Waals surface area contributed by atoms with Gasteiger partial charge >= 0.3 is 0 Å². The Bertz CT molecular complexity index is 908. The molecule has 0 spiro atoms. The fourth-order valence-corrected chi connectivity index (χ4v) is 2.92. The molecule has 2 rings (SSSR count). The smallest absolute Gasteiger partial charge is 0.240 e. The molecule has 0 radical (unpaired) electrons. The van der Waals surface area contributed by atoms with E-state index in [-0.39, 0.29) is 27.9 Å². The number of nitrogens with one attached hydrogen (secondary N) is 1. The van der Waals surface area contributed by atoms with Crippen LogP contribution in [0.3, 0.4) is 0 Å². The lowest BCUT2D eigenvalue weighted by Gasteiger charge is -2.09. The molecule has 0 atom stereocenters. The van der Waals surface area contributed by atoms with Gasteiger partial charge in [-0.05, 0) is 55.1 Å². The zero-order chi connectivity index (χ0) is 19.3. The molecule has 0 unspecified atom stereocenters. The summed E-state index contributed by atoms with van der Waals surface area (Å²) < 4.78 is 35.7. The highest BCUT2D eigenvalue weighted by Gasteiger charge is 2.12. The molecule has 0 aliphatic heterocycles. The van der Waals surface area contributed by atoms with Crippen LogP contribution < -0.4 is 14.2 Å². The molecule has 0 amide bonds. The van der Waals surface area contributed by atoms with E-state index in [9.17, 15) is 18.3 Å². The lowest BCUT2D eigenvalue weighted by Crippen LogP contribution is -2.18. The van der Waals surface area contributed by atoms with Gasteiger partial charge in [-0.3, -0.25) is 4.79 Å². The summed E-state index contributed by atoms with van der Waals surface area (Å²) >= 11 is 0. The van der Waals surface area contributed by atoms with Crippen LogP contribution in [0.15, 0.2) is 47.4 Å². The van der Waals surface area contributed by atoms with Crippen LogP contribution >= 0.6 is 0 Å². The number of methoxy groups -OCH3 is 2. The molecule has 0 aliphatic rings. The minimum absolute atomic E-state index is 0.0773. The number of aromatic hydroxyl groups is 1. The van der Waals surface area contributed by atoms with Crippen molar-refractivity contribution in [1.29, 1.82) is 0 Å². The molecule has 2 aromatic rings. The molecular weight excluding hydrogens is 358 g/mol. The van der Waals surface area contributed by atoms with Gasteiger partial charge in [-0.15, -0.1) is 0 Å². The van der Waals surface area contributed by atoms with Crippen LogP contribution in [0.25, 0.3) is 6.08 Å². The molecule has 0 saturated heterocycles. The summed E-state index contributed by atoms with van der Waals surface area (Å²) in [6.45, 7) is 0. The standard InChI is InChI=1S/C18H19NO6S/c1-19-26(22,23)14-7-5-13(6-8-14)15(20)9-4-12-10-16(24-2)18(21)17(11-12)25-3/h4-11,19,21H,1-3H3/b9-4+. The van der Waals surface area contributed by atoms with E-state index in [1.54, 1.807) is 18.2 Å². The number of allylic oxidation sites excluding steroid dienone is 1. The highest BCUT2D eigenvalue weighted by atomic mass is 32.2. The van der Waals surface area contributed by atoms with Crippen molar-refractivity contribution in [1.82, 2.24) is 4.72 Å². The van der Waals surface area contributed by atoms with Crippen molar-refractivity contribution in [2.24, 2.45) is 0 Å². The van der Waals surface area contributed by atoms with Crippen LogP contribution in [-0.4, -0.2) is 40.6 Å². The first-order valence-corrected chi connectivity index (χ1v) is 9.01. The molecule has 138 valence electrons. The first-order valence-electron chi connectivity index (χ1n) is 7.53. The van der Waals surface area contributed by atoms with Gasteiger partial charge in [0, 0.05) is 5.56 Å². The van der Waals surface area contributed by atoms with Crippen LogP contribution in [0.2, 0.25) is 0 Å². The predicted octanol–water partition coefficient (Wildman–Crippen LogP) is 2.21. The van der Waals surface area contributed by atoms with E-state index >= 15 is 0 Å². The summed E-state index contributed by atoms with van der Waals surface area (Å²) in [4.78, 5) is 12.3. The largest absolute Gasteiger partial charge is 0.502 e. The number of hydrogen-bond donors (Lipinski definition) is 2. The number of phenolic OH excluding ortho intramolecular Hbond substituents is 1. The third-order valence-electron chi connectivity index (χ3n) is 3.65. The van der Waals surface area contributed by atoms with E-state index in [4.69, 9.17) is 9.47 Å². The highest BCUT2D eigenvalue weighted by Crippen LogP contribution is 2.37. The van der Waals surface area contributed by atoms with Gasteiger partial charge in [0.15, 0.2) is 17.3 Å². The number of sulfonamides is 1. The zero-order valence-corrected chi connectivity index (χ0v) is 15.3. The normalized spacial score (nSPS) is 11.5. The monoisotopic (exact) mass is 377 g/mol. The van der Waals surface area contributed by atoms with Crippen LogP contribution in [0, 0.1) is 0 Å². The maximum absolute atomic E-state index is 12.3. The first kappa shape index (κ1) is 19.5. The van der Waals surface area contributed by atoms with Crippen molar-refractivity contribution in [3.8, 4) is 17.2 Å². The summed E-state index contributed by atoms with van der Waals surface area (Å²) in [6.07, 6.45) is 2.89. The average molecular weight is 377 g/mol. The SMILES string of the molecule is CNS(=O)(=O)c1ccc(C(=O)/C=C/c2cc(OC)c(O)c(OC)c2)cc1. The minimum Gasteiger partial charge on any atom is -0.502 e. The number of carbonyl (C=O) groups excluding carboxylic acids is 1. The van der Waals surface area contributed by atoms with E-state index in [1.807, 2.05) is 0 Å². The van der Waals surface area contributed by atoms with Gasteiger partial charge in [0.1, 0.15) is 0 Å². The van der Waals surface area contributed by atoms with Crippen LogP contribution in [0.5, 0.6) is 17.2 Å². The molecule has 8 heteroatoms. The maximum atomic E-state index is 12.3. The molecule has 2 N–H and O–H groups in total. The molecule has 0 bridgehead atoms. The van der Waals surface area contributed by atoms with Gasteiger partial charge in [-0.1, -0.05) is 6.08 Å². The van der Waals surface area contributed by atoms with Crippen molar-refractivity contribution in [3.63, 3.8) is 0 Å². The lowest BCUT2D eigenvalue weighted by molar-refractivity contribution is 0.104. The zero-order valence-electron chi connectivity index (χ0n) is 14.5. The minimum atomic E-state index is -3.55. The Morgan fingerprint density at radius 2 is 1.62 bits per heavy atom. The van der Waals surface area contributed by atoms with Crippen molar-refractivity contribution < 1.29 is 27.8 Å². The third kappa shape index (κ3) is 4.22. The number of rotatable bonds is 7. The molecule has 0 aromatic heterocycles. The number of ketones is 1. The Hall–Kier alpha value is -2.84. The van der Waals surface area contributed by atoms with Crippen molar-refractivity contribution in [3.05, 3.63) is 53.6 Å². The molecule has 0 heterocycles. The first-order chi connectivity index (χ1) is 12.3. The van der Waals surface area contributed by atoms with Crippen LogP contribution in [0.4, 0.5) is 0 Å². The lowest BCUT2D eigenvalue weighted by atomic mass is 10.1. The maximum Gasteiger partial charge on any atom is 0.240 e.